The third-order valence-electron chi connectivity index (χ3n) is 2.82. The lowest BCUT2D eigenvalue weighted by atomic mass is 9.83. The monoisotopic (exact) mass is 222 g/mol. The number of ether oxygens (including phenoxy) is 1. The van der Waals surface area contributed by atoms with Crippen LogP contribution in [-0.2, 0) is 16.0 Å². The second-order valence-electron chi connectivity index (χ2n) is 4.42. The van der Waals surface area contributed by atoms with Crippen molar-refractivity contribution < 1.29 is 14.6 Å². The summed E-state index contributed by atoms with van der Waals surface area (Å²) in [6.07, 6.45) is -0.300. The van der Waals surface area contributed by atoms with E-state index in [-0.39, 0.29) is 0 Å². The van der Waals surface area contributed by atoms with Crippen LogP contribution in [0.3, 0.4) is 0 Å². The lowest BCUT2D eigenvalue weighted by Crippen LogP contribution is -2.39. The van der Waals surface area contributed by atoms with Crippen LogP contribution < -0.4 is 0 Å². The van der Waals surface area contributed by atoms with E-state index in [1.165, 1.54) is 7.11 Å². The Morgan fingerprint density at radius 2 is 1.94 bits per heavy atom. The number of carbonyl (C=O) groups is 1. The first-order valence-electron chi connectivity index (χ1n) is 5.29. The van der Waals surface area contributed by atoms with Crippen LogP contribution in [0.25, 0.3) is 0 Å². The topological polar surface area (TPSA) is 46.5 Å². The van der Waals surface area contributed by atoms with Crippen LogP contribution in [-0.4, -0.2) is 24.3 Å². The molecule has 1 rings (SSSR count). The third-order valence-corrected chi connectivity index (χ3v) is 2.82. The van der Waals surface area contributed by atoms with Crippen molar-refractivity contribution in [3.8, 4) is 0 Å². The van der Waals surface area contributed by atoms with Crippen molar-refractivity contribution in [2.24, 2.45) is 5.41 Å². The molecule has 3 nitrogen and oxygen atoms in total. The third kappa shape index (κ3) is 2.83. The zero-order chi connectivity index (χ0) is 12.2. The molecule has 1 N–H and O–H groups in total. The minimum atomic E-state index is -0.884. The van der Waals surface area contributed by atoms with Gasteiger partial charge in [0, 0.05) is 0 Å². The fourth-order valence-electron chi connectivity index (χ4n) is 1.49. The number of rotatable bonds is 4. The molecule has 0 radical (unpaired) electrons. The average Bonchev–Trinajstić information content (AvgIpc) is 2.29. The van der Waals surface area contributed by atoms with E-state index in [0.717, 1.165) is 5.56 Å². The van der Waals surface area contributed by atoms with Crippen molar-refractivity contribution in [1.29, 1.82) is 0 Å². The Morgan fingerprint density at radius 1 is 1.38 bits per heavy atom. The van der Waals surface area contributed by atoms with Crippen molar-refractivity contribution in [3.63, 3.8) is 0 Å². The number of hydrogen-bond donors (Lipinski definition) is 1. The van der Waals surface area contributed by atoms with E-state index in [4.69, 9.17) is 0 Å². The van der Waals surface area contributed by atoms with Gasteiger partial charge in [-0.2, -0.15) is 0 Å². The highest BCUT2D eigenvalue weighted by molar-refractivity contribution is 5.76. The molecule has 0 fully saturated rings. The smallest absolute Gasteiger partial charge is 0.313 e. The van der Waals surface area contributed by atoms with Crippen LogP contribution in [0.1, 0.15) is 19.4 Å². The molecule has 0 amide bonds. The van der Waals surface area contributed by atoms with Crippen LogP contribution >= 0.6 is 0 Å². The molecule has 1 atom stereocenters. The van der Waals surface area contributed by atoms with Gasteiger partial charge in [-0.15, -0.1) is 0 Å². The summed E-state index contributed by atoms with van der Waals surface area (Å²) in [5, 5.41) is 10.0. The van der Waals surface area contributed by atoms with Crippen LogP contribution in [0.2, 0.25) is 0 Å². The molecule has 0 aliphatic carbocycles. The Balaban J connectivity index is 2.72. The van der Waals surface area contributed by atoms with Gasteiger partial charge in [-0.1, -0.05) is 30.3 Å². The first-order valence-corrected chi connectivity index (χ1v) is 5.29. The molecule has 3 heteroatoms. The molecule has 0 aliphatic heterocycles. The zero-order valence-corrected chi connectivity index (χ0v) is 9.93. The molecule has 0 saturated carbocycles. The van der Waals surface area contributed by atoms with Crippen molar-refractivity contribution in [1.82, 2.24) is 0 Å². The maximum absolute atomic E-state index is 11.5. The molecule has 0 aliphatic rings. The molecule has 1 aromatic rings. The van der Waals surface area contributed by atoms with Crippen LogP contribution in [0.4, 0.5) is 0 Å². The molecule has 0 heterocycles. The normalized spacial score (nSPS) is 13.2. The van der Waals surface area contributed by atoms with E-state index in [1.54, 1.807) is 13.8 Å². The molecule has 0 spiro atoms. The van der Waals surface area contributed by atoms with E-state index < -0.39 is 17.5 Å². The number of aliphatic hydroxyl groups excluding tert-OH is 1. The van der Waals surface area contributed by atoms with E-state index in [1.807, 2.05) is 30.3 Å². The standard InChI is InChI=1S/C13H18O3/c1-13(2,12(15)16-3)11(14)9-10-7-5-4-6-8-10/h4-8,11,14H,9H2,1-3H3/t11-/m0/s1. The fourth-order valence-corrected chi connectivity index (χ4v) is 1.49. The lowest BCUT2D eigenvalue weighted by molar-refractivity contribution is -0.157. The van der Waals surface area contributed by atoms with E-state index in [0.29, 0.717) is 6.42 Å². The van der Waals surface area contributed by atoms with E-state index in [2.05, 4.69) is 4.74 Å². The summed E-state index contributed by atoms with van der Waals surface area (Å²) in [6, 6.07) is 9.59. The summed E-state index contributed by atoms with van der Waals surface area (Å²) in [4.78, 5) is 11.5. The quantitative estimate of drug-likeness (QED) is 0.790. The number of benzene rings is 1. The van der Waals surface area contributed by atoms with Gasteiger partial charge in [-0.05, 0) is 25.8 Å². The van der Waals surface area contributed by atoms with Gasteiger partial charge in [0.15, 0.2) is 0 Å². The number of hydrogen-bond acceptors (Lipinski definition) is 3. The Bertz CT molecular complexity index is 343. The second kappa shape index (κ2) is 5.12. The zero-order valence-electron chi connectivity index (χ0n) is 9.93. The Hall–Kier alpha value is -1.35. The van der Waals surface area contributed by atoms with E-state index in [9.17, 15) is 9.90 Å². The van der Waals surface area contributed by atoms with Crippen LogP contribution in [0.5, 0.6) is 0 Å². The number of carbonyl (C=O) groups excluding carboxylic acids is 1. The molecule has 88 valence electrons. The molecule has 0 unspecified atom stereocenters. The molecular weight excluding hydrogens is 204 g/mol. The minimum absolute atomic E-state index is 0.393. The number of esters is 1. The fraction of sp³-hybridized carbons (Fsp3) is 0.462. The maximum Gasteiger partial charge on any atom is 0.313 e. The molecule has 0 aromatic heterocycles. The summed E-state index contributed by atoms with van der Waals surface area (Å²) in [6.45, 7) is 3.37. The van der Waals surface area contributed by atoms with Gasteiger partial charge in [0.2, 0.25) is 0 Å². The van der Waals surface area contributed by atoms with Gasteiger partial charge in [0.25, 0.3) is 0 Å². The summed E-state index contributed by atoms with van der Waals surface area (Å²) in [7, 11) is 1.33. The summed E-state index contributed by atoms with van der Waals surface area (Å²) in [5.74, 6) is -0.393. The molecule has 0 saturated heterocycles. The van der Waals surface area contributed by atoms with Gasteiger partial charge in [0.1, 0.15) is 0 Å². The largest absolute Gasteiger partial charge is 0.469 e. The highest BCUT2D eigenvalue weighted by atomic mass is 16.5. The van der Waals surface area contributed by atoms with Gasteiger partial charge in [-0.25, -0.2) is 0 Å². The first kappa shape index (κ1) is 12.7. The molecule has 0 bridgehead atoms. The highest BCUT2D eigenvalue weighted by Gasteiger charge is 2.36. The Morgan fingerprint density at radius 3 is 2.44 bits per heavy atom. The predicted molar refractivity (Wildman–Crippen MR) is 61.9 cm³/mol. The average molecular weight is 222 g/mol. The van der Waals surface area contributed by atoms with Crippen LogP contribution in [0, 0.1) is 5.41 Å². The number of aliphatic hydroxyl groups is 1. The summed E-state index contributed by atoms with van der Waals surface area (Å²) >= 11 is 0. The van der Waals surface area contributed by atoms with Crippen molar-refractivity contribution in [3.05, 3.63) is 35.9 Å². The van der Waals surface area contributed by atoms with Crippen LogP contribution in [0.15, 0.2) is 30.3 Å². The van der Waals surface area contributed by atoms with Gasteiger partial charge in [0.05, 0.1) is 18.6 Å². The van der Waals surface area contributed by atoms with Gasteiger partial charge < -0.3 is 9.84 Å². The lowest BCUT2D eigenvalue weighted by Gasteiger charge is -2.27. The molecular formula is C13H18O3. The number of methoxy groups -OCH3 is 1. The Labute approximate surface area is 96.1 Å². The van der Waals surface area contributed by atoms with Crippen molar-refractivity contribution in [2.75, 3.05) is 7.11 Å². The maximum atomic E-state index is 11.5. The highest BCUT2D eigenvalue weighted by Crippen LogP contribution is 2.25. The SMILES string of the molecule is COC(=O)C(C)(C)[C@@H](O)Cc1ccccc1. The predicted octanol–water partition coefficient (Wildman–Crippen LogP) is 1.79. The summed E-state index contributed by atoms with van der Waals surface area (Å²) in [5.41, 5.74) is 0.122. The second-order valence-corrected chi connectivity index (χ2v) is 4.42. The van der Waals surface area contributed by atoms with Gasteiger partial charge in [-0.3, -0.25) is 4.79 Å². The summed E-state index contributed by atoms with van der Waals surface area (Å²) < 4.78 is 4.67. The van der Waals surface area contributed by atoms with Crippen molar-refractivity contribution in [2.45, 2.75) is 26.4 Å². The van der Waals surface area contributed by atoms with Crippen molar-refractivity contribution >= 4 is 5.97 Å². The Kier molecular flexibility index (Phi) is 4.07. The van der Waals surface area contributed by atoms with Gasteiger partial charge >= 0.3 is 5.97 Å². The van der Waals surface area contributed by atoms with E-state index >= 15 is 0 Å². The minimum Gasteiger partial charge on any atom is -0.469 e. The molecule has 16 heavy (non-hydrogen) atoms. The first-order chi connectivity index (χ1) is 7.48. The molecule has 1 aromatic carbocycles.